The van der Waals surface area contributed by atoms with Crippen LogP contribution in [0.1, 0.15) is 5.56 Å². The summed E-state index contributed by atoms with van der Waals surface area (Å²) in [4.78, 5) is 9.28. The van der Waals surface area contributed by atoms with E-state index in [1.165, 1.54) is 11.8 Å². The zero-order chi connectivity index (χ0) is 20.2. The third-order valence-corrected chi connectivity index (χ3v) is 5.54. The lowest BCUT2D eigenvalue weighted by molar-refractivity contribution is 0.304. The smallest absolute Gasteiger partial charge is 0.208 e. The summed E-state index contributed by atoms with van der Waals surface area (Å²) in [7, 11) is 1.65. The van der Waals surface area contributed by atoms with Crippen LogP contribution in [0.5, 0.6) is 11.5 Å². The maximum atomic E-state index is 5.92. The van der Waals surface area contributed by atoms with Crippen molar-refractivity contribution < 1.29 is 9.47 Å². The number of rotatable bonds is 7. The minimum absolute atomic E-state index is 0.502. The average Bonchev–Trinajstić information content (AvgIpc) is 3.21. The summed E-state index contributed by atoms with van der Waals surface area (Å²) in [6.45, 7) is 0.502. The van der Waals surface area contributed by atoms with Gasteiger partial charge < -0.3 is 9.47 Å². The van der Waals surface area contributed by atoms with Crippen LogP contribution < -0.4 is 9.47 Å². The molecule has 8 heteroatoms. The van der Waals surface area contributed by atoms with E-state index in [2.05, 4.69) is 10.1 Å². The van der Waals surface area contributed by atoms with Crippen LogP contribution in [0.25, 0.3) is 16.9 Å². The maximum absolute atomic E-state index is 5.92. The summed E-state index contributed by atoms with van der Waals surface area (Å²) in [6.07, 6.45) is 5.85. The third-order valence-electron chi connectivity index (χ3n) is 4.34. The van der Waals surface area contributed by atoms with Gasteiger partial charge in [0, 0.05) is 11.6 Å². The Kier molecular flexibility index (Phi) is 5.92. The molecule has 2 heterocycles. The van der Waals surface area contributed by atoms with Gasteiger partial charge in [-0.3, -0.25) is 0 Å². The fourth-order valence-corrected chi connectivity index (χ4v) is 3.82. The molecule has 0 spiro atoms. The Balaban J connectivity index is 1.66. The van der Waals surface area contributed by atoms with Crippen molar-refractivity contribution in [1.82, 2.24) is 19.6 Å². The van der Waals surface area contributed by atoms with Gasteiger partial charge in [-0.2, -0.15) is 0 Å². The average molecular weight is 425 g/mol. The summed E-state index contributed by atoms with van der Waals surface area (Å²) >= 11 is 3.06. The molecule has 0 unspecified atom stereocenters. The minimum atomic E-state index is 0.502. The molecule has 0 atom stereocenters. The van der Waals surface area contributed by atoms with Crippen LogP contribution in [0.15, 0.2) is 64.9 Å². The van der Waals surface area contributed by atoms with E-state index in [-0.39, 0.29) is 0 Å². The van der Waals surface area contributed by atoms with E-state index >= 15 is 0 Å². The van der Waals surface area contributed by atoms with Gasteiger partial charge >= 0.3 is 0 Å². The molecule has 4 aromatic rings. The molecular weight excluding hydrogens is 404 g/mol. The molecule has 0 saturated heterocycles. The highest BCUT2D eigenvalue weighted by molar-refractivity contribution is 7.99. The number of hydrogen-bond acceptors (Lipinski definition) is 7. The molecule has 2 aromatic heterocycles. The number of imidazole rings is 1. The van der Waals surface area contributed by atoms with Crippen LogP contribution in [0.3, 0.4) is 0 Å². The van der Waals surface area contributed by atoms with Gasteiger partial charge in [0.25, 0.3) is 0 Å². The fourth-order valence-electron chi connectivity index (χ4n) is 2.91. The van der Waals surface area contributed by atoms with Crippen molar-refractivity contribution in [2.24, 2.45) is 0 Å². The van der Waals surface area contributed by atoms with E-state index in [4.69, 9.17) is 14.5 Å². The molecule has 0 N–H and O–H groups in total. The molecule has 0 aliphatic heterocycles. The van der Waals surface area contributed by atoms with Crippen molar-refractivity contribution >= 4 is 29.2 Å². The highest BCUT2D eigenvalue weighted by Gasteiger charge is 2.15. The lowest BCUT2D eigenvalue weighted by Gasteiger charge is -2.10. The number of fused-ring (bicyclic) bond motifs is 1. The van der Waals surface area contributed by atoms with Crippen molar-refractivity contribution in [1.29, 1.82) is 0 Å². The van der Waals surface area contributed by atoms with E-state index in [0.29, 0.717) is 17.5 Å². The van der Waals surface area contributed by atoms with Crippen molar-refractivity contribution in [3.63, 3.8) is 0 Å². The second-order valence-corrected chi connectivity index (χ2v) is 7.71. The Morgan fingerprint density at radius 2 is 1.83 bits per heavy atom. The predicted molar refractivity (Wildman–Crippen MR) is 117 cm³/mol. The first-order valence-electron chi connectivity index (χ1n) is 8.92. The standard InChI is InChI=1S/C21H20N4O2S2/c1-26-18-11-15(27-13-14-7-5-4-6-8-14)9-10-16(18)17-12-25-19(22-17)20(28-2)23-21(24-25)29-3/h4-12H,13H2,1-3H3. The van der Waals surface area contributed by atoms with Crippen LogP contribution in [0.4, 0.5) is 0 Å². The normalized spacial score (nSPS) is 11.0. The van der Waals surface area contributed by atoms with E-state index in [9.17, 15) is 0 Å². The van der Waals surface area contributed by atoms with Crippen molar-refractivity contribution in [2.75, 3.05) is 19.6 Å². The zero-order valence-corrected chi connectivity index (χ0v) is 18.0. The van der Waals surface area contributed by atoms with Gasteiger partial charge in [-0.1, -0.05) is 42.1 Å². The molecule has 148 valence electrons. The first-order chi connectivity index (χ1) is 14.2. The molecule has 4 rings (SSSR count). The lowest BCUT2D eigenvalue weighted by Crippen LogP contribution is -1.98. The molecule has 0 radical (unpaired) electrons. The number of hydrogen-bond donors (Lipinski definition) is 0. The lowest BCUT2D eigenvalue weighted by atomic mass is 10.1. The van der Waals surface area contributed by atoms with Crippen LogP contribution in [0, 0.1) is 0 Å². The Morgan fingerprint density at radius 1 is 1.00 bits per heavy atom. The van der Waals surface area contributed by atoms with Gasteiger partial charge in [-0.05, 0) is 30.2 Å². The Morgan fingerprint density at radius 3 is 2.55 bits per heavy atom. The molecule has 6 nitrogen and oxygen atoms in total. The first kappa shape index (κ1) is 19.6. The summed E-state index contributed by atoms with van der Waals surface area (Å²) in [6, 6.07) is 15.8. The Hall–Kier alpha value is -2.71. The van der Waals surface area contributed by atoms with Gasteiger partial charge in [0.15, 0.2) is 5.65 Å². The number of thioether (sulfide) groups is 2. The highest BCUT2D eigenvalue weighted by atomic mass is 32.2. The quantitative estimate of drug-likeness (QED) is 0.394. The topological polar surface area (TPSA) is 61.5 Å². The van der Waals surface area contributed by atoms with Crippen molar-refractivity contribution in [3.05, 3.63) is 60.3 Å². The summed E-state index contributed by atoms with van der Waals surface area (Å²) in [5, 5.41) is 6.07. The largest absolute Gasteiger partial charge is 0.496 e. The predicted octanol–water partition coefficient (Wildman–Crippen LogP) is 4.82. The molecule has 0 aliphatic rings. The van der Waals surface area contributed by atoms with Gasteiger partial charge in [0.05, 0.1) is 19.0 Å². The molecule has 0 amide bonds. The van der Waals surface area contributed by atoms with Crippen LogP contribution in [-0.2, 0) is 6.61 Å². The summed E-state index contributed by atoms with van der Waals surface area (Å²) < 4.78 is 13.3. The molecule has 2 aromatic carbocycles. The SMILES string of the molecule is COc1cc(OCc2ccccc2)ccc1-c1cn2nc(SC)nc(SC)c2n1. The summed E-state index contributed by atoms with van der Waals surface area (Å²) in [5.74, 6) is 1.44. The van der Waals surface area contributed by atoms with Gasteiger partial charge in [0.2, 0.25) is 5.16 Å². The number of benzene rings is 2. The van der Waals surface area contributed by atoms with E-state index in [1.807, 2.05) is 67.2 Å². The van der Waals surface area contributed by atoms with Crippen LogP contribution >= 0.6 is 23.5 Å². The van der Waals surface area contributed by atoms with E-state index < -0.39 is 0 Å². The van der Waals surface area contributed by atoms with Gasteiger partial charge in [-0.25, -0.2) is 14.5 Å². The highest BCUT2D eigenvalue weighted by Crippen LogP contribution is 2.34. The first-order valence-corrected chi connectivity index (χ1v) is 11.4. The number of ether oxygens (including phenoxy) is 2. The maximum Gasteiger partial charge on any atom is 0.208 e. The minimum Gasteiger partial charge on any atom is -0.496 e. The monoisotopic (exact) mass is 424 g/mol. The summed E-state index contributed by atoms with van der Waals surface area (Å²) in [5.41, 5.74) is 3.50. The zero-order valence-electron chi connectivity index (χ0n) is 16.3. The van der Waals surface area contributed by atoms with Gasteiger partial charge in [-0.15, -0.1) is 16.9 Å². The van der Waals surface area contributed by atoms with Crippen molar-refractivity contribution in [2.45, 2.75) is 16.8 Å². The van der Waals surface area contributed by atoms with Crippen LogP contribution in [-0.4, -0.2) is 39.2 Å². The second-order valence-electron chi connectivity index (χ2n) is 6.14. The fraction of sp³-hybridized carbons (Fsp3) is 0.190. The molecule has 0 saturated carbocycles. The molecule has 0 fully saturated rings. The Labute approximate surface area is 177 Å². The second kappa shape index (κ2) is 8.75. The molecule has 0 aliphatic carbocycles. The Bertz CT molecular complexity index is 1130. The van der Waals surface area contributed by atoms with Crippen molar-refractivity contribution in [3.8, 4) is 22.8 Å². The number of methoxy groups -OCH3 is 1. The number of aromatic nitrogens is 4. The van der Waals surface area contributed by atoms with Crippen LogP contribution in [0.2, 0.25) is 0 Å². The molecule has 29 heavy (non-hydrogen) atoms. The van der Waals surface area contributed by atoms with Gasteiger partial charge in [0.1, 0.15) is 23.1 Å². The van der Waals surface area contributed by atoms with E-state index in [1.54, 1.807) is 23.4 Å². The molecule has 0 bridgehead atoms. The molecular formula is C21H20N4O2S2. The number of nitrogens with zero attached hydrogens (tertiary/aromatic N) is 4. The third kappa shape index (κ3) is 4.18. The van der Waals surface area contributed by atoms with E-state index in [0.717, 1.165) is 33.2 Å².